The maximum absolute atomic E-state index is 5.95. The van der Waals surface area contributed by atoms with Crippen LogP contribution >= 0.6 is 0 Å². The topological polar surface area (TPSA) is 60.1 Å². The van der Waals surface area contributed by atoms with Gasteiger partial charge in [0.2, 0.25) is 0 Å². The standard InChI is InChI=1S/C12H25N3O2/c1-16-10-11-17-9-6-14-12(13)15-7-4-2-3-5-8-15/h2-11H2,1H3,(H2,13,14). The minimum absolute atomic E-state index is 0.609. The monoisotopic (exact) mass is 243 g/mol. The van der Waals surface area contributed by atoms with E-state index in [4.69, 9.17) is 15.2 Å². The second kappa shape index (κ2) is 9.24. The molecular formula is C12H25N3O2. The highest BCUT2D eigenvalue weighted by Crippen LogP contribution is 2.08. The Bertz CT molecular complexity index is 214. The third-order valence-electron chi connectivity index (χ3n) is 2.87. The number of guanidine groups is 1. The van der Waals surface area contributed by atoms with E-state index in [0.29, 0.717) is 32.3 Å². The Morgan fingerprint density at radius 3 is 2.47 bits per heavy atom. The molecule has 2 N–H and O–H groups in total. The quantitative estimate of drug-likeness (QED) is 0.426. The van der Waals surface area contributed by atoms with Gasteiger partial charge in [-0.25, -0.2) is 0 Å². The second-order valence-corrected chi connectivity index (χ2v) is 4.25. The average Bonchev–Trinajstić information content (AvgIpc) is 2.62. The SMILES string of the molecule is COCCOCCN=C(N)N1CCCCCC1. The highest BCUT2D eigenvalue weighted by molar-refractivity contribution is 5.78. The lowest BCUT2D eigenvalue weighted by Crippen LogP contribution is -2.38. The lowest BCUT2D eigenvalue weighted by atomic mass is 10.2. The Morgan fingerprint density at radius 1 is 1.12 bits per heavy atom. The second-order valence-electron chi connectivity index (χ2n) is 4.25. The van der Waals surface area contributed by atoms with Gasteiger partial charge in [0, 0.05) is 20.2 Å². The molecule has 0 aromatic heterocycles. The van der Waals surface area contributed by atoms with Gasteiger partial charge in [-0.3, -0.25) is 4.99 Å². The number of nitrogens with two attached hydrogens (primary N) is 1. The van der Waals surface area contributed by atoms with Gasteiger partial charge in [-0.05, 0) is 12.8 Å². The van der Waals surface area contributed by atoms with Crippen molar-refractivity contribution in [3.8, 4) is 0 Å². The van der Waals surface area contributed by atoms with Crippen molar-refractivity contribution >= 4 is 5.96 Å². The van der Waals surface area contributed by atoms with E-state index in [2.05, 4.69) is 9.89 Å². The van der Waals surface area contributed by atoms with Crippen molar-refractivity contribution in [1.29, 1.82) is 0 Å². The van der Waals surface area contributed by atoms with Crippen LogP contribution in [0.25, 0.3) is 0 Å². The predicted molar refractivity (Wildman–Crippen MR) is 69.2 cm³/mol. The van der Waals surface area contributed by atoms with Crippen LogP contribution in [-0.2, 0) is 9.47 Å². The van der Waals surface area contributed by atoms with Gasteiger partial charge in [-0.1, -0.05) is 12.8 Å². The number of hydrogen-bond acceptors (Lipinski definition) is 3. The molecule has 0 radical (unpaired) electrons. The van der Waals surface area contributed by atoms with Gasteiger partial charge in [0.05, 0.1) is 26.4 Å². The molecule has 0 aromatic rings. The van der Waals surface area contributed by atoms with Crippen LogP contribution < -0.4 is 5.73 Å². The number of methoxy groups -OCH3 is 1. The summed E-state index contributed by atoms with van der Waals surface area (Å²) in [6, 6.07) is 0. The summed E-state index contributed by atoms with van der Waals surface area (Å²) in [4.78, 5) is 6.52. The van der Waals surface area contributed by atoms with Crippen molar-refractivity contribution in [2.45, 2.75) is 25.7 Å². The summed E-state index contributed by atoms with van der Waals surface area (Å²) < 4.78 is 10.2. The van der Waals surface area contributed by atoms with Crippen LogP contribution in [0.15, 0.2) is 4.99 Å². The van der Waals surface area contributed by atoms with E-state index >= 15 is 0 Å². The van der Waals surface area contributed by atoms with Gasteiger partial charge >= 0.3 is 0 Å². The molecule has 0 aliphatic carbocycles. The number of aliphatic imine (C=N–C) groups is 1. The van der Waals surface area contributed by atoms with Crippen molar-refractivity contribution in [1.82, 2.24) is 4.90 Å². The van der Waals surface area contributed by atoms with Crippen LogP contribution in [0.3, 0.4) is 0 Å². The number of rotatable bonds is 6. The third-order valence-corrected chi connectivity index (χ3v) is 2.87. The van der Waals surface area contributed by atoms with Gasteiger partial charge in [-0.2, -0.15) is 0 Å². The van der Waals surface area contributed by atoms with Crippen LogP contribution in [0, 0.1) is 0 Å². The van der Waals surface area contributed by atoms with Crippen molar-refractivity contribution in [3.63, 3.8) is 0 Å². The maximum Gasteiger partial charge on any atom is 0.191 e. The Labute approximate surface area is 104 Å². The molecule has 1 aliphatic rings. The average molecular weight is 243 g/mol. The summed E-state index contributed by atoms with van der Waals surface area (Å²) in [6.45, 7) is 4.57. The van der Waals surface area contributed by atoms with Crippen LogP contribution in [-0.4, -0.2) is 57.4 Å². The molecule has 0 saturated carbocycles. The Balaban J connectivity index is 2.14. The van der Waals surface area contributed by atoms with Gasteiger partial charge < -0.3 is 20.1 Å². The highest BCUT2D eigenvalue weighted by atomic mass is 16.5. The summed E-state index contributed by atoms with van der Waals surface area (Å²) in [7, 11) is 1.67. The molecule has 1 rings (SSSR count). The summed E-state index contributed by atoms with van der Waals surface area (Å²) >= 11 is 0. The predicted octanol–water partition coefficient (Wildman–Crippen LogP) is 0.840. The van der Waals surface area contributed by atoms with Crippen LogP contribution in [0.2, 0.25) is 0 Å². The van der Waals surface area contributed by atoms with Crippen molar-refractivity contribution in [3.05, 3.63) is 0 Å². The first-order valence-corrected chi connectivity index (χ1v) is 6.46. The Hall–Kier alpha value is -0.810. The van der Waals surface area contributed by atoms with Crippen LogP contribution in [0.1, 0.15) is 25.7 Å². The molecule has 17 heavy (non-hydrogen) atoms. The van der Waals surface area contributed by atoms with E-state index < -0.39 is 0 Å². The molecule has 1 aliphatic heterocycles. The van der Waals surface area contributed by atoms with E-state index in [-0.39, 0.29) is 0 Å². The zero-order valence-corrected chi connectivity index (χ0v) is 10.9. The fourth-order valence-electron chi connectivity index (χ4n) is 1.87. The van der Waals surface area contributed by atoms with Crippen molar-refractivity contribution in [2.75, 3.05) is 46.6 Å². The smallest absolute Gasteiger partial charge is 0.191 e. The molecule has 100 valence electrons. The number of nitrogens with zero attached hydrogens (tertiary/aromatic N) is 2. The van der Waals surface area contributed by atoms with E-state index in [0.717, 1.165) is 13.1 Å². The number of hydrogen-bond donors (Lipinski definition) is 1. The zero-order chi connectivity index (χ0) is 12.3. The van der Waals surface area contributed by atoms with Crippen LogP contribution in [0.5, 0.6) is 0 Å². The van der Waals surface area contributed by atoms with Gasteiger partial charge in [0.1, 0.15) is 0 Å². The lowest BCUT2D eigenvalue weighted by Gasteiger charge is -2.21. The Morgan fingerprint density at radius 2 is 1.82 bits per heavy atom. The molecule has 1 saturated heterocycles. The minimum Gasteiger partial charge on any atom is -0.382 e. The maximum atomic E-state index is 5.95. The first kappa shape index (κ1) is 14.3. The molecule has 0 spiro atoms. The molecule has 0 amide bonds. The molecule has 0 atom stereocenters. The molecule has 1 fully saturated rings. The van der Waals surface area contributed by atoms with E-state index in [1.54, 1.807) is 7.11 Å². The first-order valence-electron chi connectivity index (χ1n) is 6.46. The summed E-state index contributed by atoms with van der Waals surface area (Å²) in [5.41, 5.74) is 5.95. The zero-order valence-electron chi connectivity index (χ0n) is 10.9. The van der Waals surface area contributed by atoms with Crippen molar-refractivity contribution < 1.29 is 9.47 Å². The largest absolute Gasteiger partial charge is 0.382 e. The fourth-order valence-corrected chi connectivity index (χ4v) is 1.87. The number of ether oxygens (including phenoxy) is 2. The molecule has 1 heterocycles. The summed E-state index contributed by atoms with van der Waals surface area (Å²) in [5.74, 6) is 0.669. The molecular weight excluding hydrogens is 218 g/mol. The third kappa shape index (κ3) is 6.48. The molecule has 5 nitrogen and oxygen atoms in total. The van der Waals surface area contributed by atoms with Crippen molar-refractivity contribution in [2.24, 2.45) is 10.7 Å². The summed E-state index contributed by atoms with van der Waals surface area (Å²) in [5, 5.41) is 0. The van der Waals surface area contributed by atoms with E-state index in [1.807, 2.05) is 0 Å². The van der Waals surface area contributed by atoms with E-state index in [9.17, 15) is 0 Å². The van der Waals surface area contributed by atoms with Crippen LogP contribution in [0.4, 0.5) is 0 Å². The molecule has 0 aromatic carbocycles. The fraction of sp³-hybridized carbons (Fsp3) is 0.917. The highest BCUT2D eigenvalue weighted by Gasteiger charge is 2.10. The molecule has 5 heteroatoms. The Kier molecular flexibility index (Phi) is 7.75. The normalized spacial score (nSPS) is 18.2. The van der Waals surface area contributed by atoms with Gasteiger partial charge in [-0.15, -0.1) is 0 Å². The van der Waals surface area contributed by atoms with Gasteiger partial charge in [0.25, 0.3) is 0 Å². The molecule has 0 bridgehead atoms. The molecule has 0 unspecified atom stereocenters. The van der Waals surface area contributed by atoms with E-state index in [1.165, 1.54) is 25.7 Å². The number of likely N-dealkylation sites (tertiary alicyclic amines) is 1. The minimum atomic E-state index is 0.609. The summed E-state index contributed by atoms with van der Waals surface area (Å²) in [6.07, 6.45) is 5.06. The van der Waals surface area contributed by atoms with Gasteiger partial charge in [0.15, 0.2) is 5.96 Å². The lowest BCUT2D eigenvalue weighted by molar-refractivity contribution is 0.0747. The first-order chi connectivity index (χ1) is 8.34.